The van der Waals surface area contributed by atoms with Crippen molar-refractivity contribution >= 4 is 5.82 Å². The molecule has 1 aromatic rings. The topological polar surface area (TPSA) is 68.5 Å². The molecule has 16 heavy (non-hydrogen) atoms. The second-order valence-electron chi connectivity index (χ2n) is 3.48. The molecule has 1 aromatic heterocycles. The van der Waals surface area contributed by atoms with Crippen molar-refractivity contribution in [1.29, 1.82) is 0 Å². The predicted octanol–water partition coefficient (Wildman–Crippen LogP) is -0.144. The average Bonchev–Trinajstić information content (AvgIpc) is 2.68. The molecule has 0 bridgehead atoms. The maximum absolute atomic E-state index is 9.55. The Hall–Kier alpha value is -1.11. The number of hydrogen-bond acceptors (Lipinski definition) is 5. The summed E-state index contributed by atoms with van der Waals surface area (Å²) in [7, 11) is 3.46. The third-order valence-electron chi connectivity index (χ3n) is 1.97. The molecule has 92 valence electrons. The zero-order valence-electron chi connectivity index (χ0n) is 9.72. The van der Waals surface area contributed by atoms with Gasteiger partial charge in [-0.2, -0.15) is 5.10 Å². The van der Waals surface area contributed by atoms with Gasteiger partial charge >= 0.3 is 0 Å². The summed E-state index contributed by atoms with van der Waals surface area (Å²) in [6.07, 6.45) is 1.29. The van der Waals surface area contributed by atoms with E-state index in [9.17, 15) is 5.11 Å². The Kier molecular flexibility index (Phi) is 5.84. The van der Waals surface area contributed by atoms with Crippen LogP contribution in [0, 0.1) is 0 Å². The van der Waals surface area contributed by atoms with Crippen molar-refractivity contribution in [1.82, 2.24) is 9.78 Å². The summed E-state index contributed by atoms with van der Waals surface area (Å²) in [5.74, 6) is 0.749. The van der Waals surface area contributed by atoms with Crippen molar-refractivity contribution in [2.24, 2.45) is 7.05 Å². The van der Waals surface area contributed by atoms with Crippen LogP contribution in [0.5, 0.6) is 0 Å². The Labute approximate surface area is 95.2 Å². The lowest BCUT2D eigenvalue weighted by Gasteiger charge is -2.11. The average molecular weight is 229 g/mol. The van der Waals surface area contributed by atoms with Gasteiger partial charge < -0.3 is 19.9 Å². The molecule has 2 N–H and O–H groups in total. The number of hydrogen-bond donors (Lipinski definition) is 2. The lowest BCUT2D eigenvalue weighted by Crippen LogP contribution is -2.25. The van der Waals surface area contributed by atoms with Crippen LogP contribution in [0.3, 0.4) is 0 Å². The second kappa shape index (κ2) is 7.21. The number of nitrogens with zero attached hydrogens (tertiary/aromatic N) is 2. The van der Waals surface area contributed by atoms with Gasteiger partial charge in [0.05, 0.1) is 25.9 Å². The molecule has 0 aromatic carbocycles. The van der Waals surface area contributed by atoms with Crippen LogP contribution in [0.4, 0.5) is 5.82 Å². The van der Waals surface area contributed by atoms with Gasteiger partial charge in [0.2, 0.25) is 0 Å². The minimum atomic E-state index is -0.543. The molecule has 0 amide bonds. The normalized spacial score (nSPS) is 12.7. The van der Waals surface area contributed by atoms with E-state index in [0.717, 1.165) is 5.82 Å². The summed E-state index contributed by atoms with van der Waals surface area (Å²) in [4.78, 5) is 0. The number of aryl methyl sites for hydroxylation is 1. The summed E-state index contributed by atoms with van der Waals surface area (Å²) >= 11 is 0. The quantitative estimate of drug-likeness (QED) is 0.607. The largest absolute Gasteiger partial charge is 0.389 e. The molecule has 0 aliphatic heterocycles. The number of aromatic nitrogens is 2. The van der Waals surface area contributed by atoms with Crippen molar-refractivity contribution in [3.8, 4) is 0 Å². The molecule has 0 saturated carbocycles. The molecule has 0 radical (unpaired) electrons. The molecule has 6 heteroatoms. The Morgan fingerprint density at radius 2 is 2.38 bits per heavy atom. The summed E-state index contributed by atoms with van der Waals surface area (Å²) in [6.45, 7) is 1.75. The van der Waals surface area contributed by atoms with E-state index in [1.54, 1.807) is 11.8 Å². The summed E-state index contributed by atoms with van der Waals surface area (Å²) in [6, 6.07) is 1.85. The number of rotatable bonds is 8. The Morgan fingerprint density at radius 3 is 3.00 bits per heavy atom. The van der Waals surface area contributed by atoms with Crippen LogP contribution in [0.15, 0.2) is 12.3 Å². The van der Waals surface area contributed by atoms with E-state index in [1.165, 1.54) is 0 Å². The molecular formula is C10H19N3O3. The minimum absolute atomic E-state index is 0.295. The molecule has 6 nitrogen and oxygen atoms in total. The maximum atomic E-state index is 9.55. The molecular weight excluding hydrogens is 210 g/mol. The molecule has 0 spiro atoms. The van der Waals surface area contributed by atoms with E-state index < -0.39 is 6.10 Å². The summed E-state index contributed by atoms with van der Waals surface area (Å²) in [5, 5.41) is 16.7. The van der Waals surface area contributed by atoms with Crippen LogP contribution in [-0.4, -0.2) is 54.5 Å². The molecule has 0 aliphatic rings. The van der Waals surface area contributed by atoms with Crippen LogP contribution in [0.25, 0.3) is 0 Å². The first-order valence-corrected chi connectivity index (χ1v) is 5.20. The van der Waals surface area contributed by atoms with E-state index >= 15 is 0 Å². The van der Waals surface area contributed by atoms with Gasteiger partial charge in [-0.3, -0.25) is 4.68 Å². The minimum Gasteiger partial charge on any atom is -0.389 e. The summed E-state index contributed by atoms with van der Waals surface area (Å²) in [5.41, 5.74) is 0. The highest BCUT2D eigenvalue weighted by atomic mass is 16.5. The number of methoxy groups -OCH3 is 1. The van der Waals surface area contributed by atoms with Crippen LogP contribution in [-0.2, 0) is 16.5 Å². The lowest BCUT2D eigenvalue weighted by molar-refractivity contribution is 0.0182. The molecule has 1 atom stereocenters. The Morgan fingerprint density at radius 1 is 1.56 bits per heavy atom. The smallest absolute Gasteiger partial charge is 0.148 e. The van der Waals surface area contributed by atoms with Gasteiger partial charge in [0.25, 0.3) is 0 Å². The van der Waals surface area contributed by atoms with Crippen LogP contribution in [0.2, 0.25) is 0 Å². The van der Waals surface area contributed by atoms with Crippen LogP contribution < -0.4 is 5.32 Å². The zero-order chi connectivity index (χ0) is 11.8. The standard InChI is InChI=1S/C10H19N3O3/c1-13-4-3-10(12-13)11-7-9(14)8-16-6-5-15-2/h3-4,9,14H,5-8H2,1-2H3,(H,11,12). The number of anilines is 1. The number of nitrogens with one attached hydrogen (secondary N) is 1. The highest BCUT2D eigenvalue weighted by Crippen LogP contribution is 2.00. The molecule has 0 aliphatic carbocycles. The maximum Gasteiger partial charge on any atom is 0.148 e. The van der Waals surface area contributed by atoms with Gasteiger partial charge in [0.1, 0.15) is 5.82 Å². The molecule has 0 saturated heterocycles. The highest BCUT2D eigenvalue weighted by molar-refractivity contribution is 5.31. The van der Waals surface area contributed by atoms with Gasteiger partial charge in [-0.25, -0.2) is 0 Å². The monoisotopic (exact) mass is 229 g/mol. The van der Waals surface area contributed by atoms with Gasteiger partial charge in [-0.05, 0) is 0 Å². The molecule has 1 heterocycles. The van der Waals surface area contributed by atoms with E-state index in [4.69, 9.17) is 9.47 Å². The second-order valence-corrected chi connectivity index (χ2v) is 3.48. The fourth-order valence-electron chi connectivity index (χ4n) is 1.15. The Balaban J connectivity index is 2.08. The first-order chi connectivity index (χ1) is 7.72. The molecule has 0 fully saturated rings. The predicted molar refractivity (Wildman–Crippen MR) is 60.4 cm³/mol. The van der Waals surface area contributed by atoms with E-state index in [2.05, 4.69) is 10.4 Å². The van der Waals surface area contributed by atoms with Crippen molar-refractivity contribution in [3.63, 3.8) is 0 Å². The lowest BCUT2D eigenvalue weighted by atomic mass is 10.4. The van der Waals surface area contributed by atoms with Crippen molar-refractivity contribution in [2.75, 3.05) is 38.8 Å². The zero-order valence-corrected chi connectivity index (χ0v) is 9.72. The van der Waals surface area contributed by atoms with Crippen LogP contribution in [0.1, 0.15) is 0 Å². The molecule has 1 unspecified atom stereocenters. The van der Waals surface area contributed by atoms with Gasteiger partial charge in [0, 0.05) is 33.0 Å². The van der Waals surface area contributed by atoms with Gasteiger partial charge in [0.15, 0.2) is 0 Å². The number of aliphatic hydroxyl groups is 1. The van der Waals surface area contributed by atoms with Crippen molar-refractivity contribution in [3.05, 3.63) is 12.3 Å². The van der Waals surface area contributed by atoms with E-state index in [-0.39, 0.29) is 0 Å². The molecule has 1 rings (SSSR count). The summed E-state index contributed by atoms with van der Waals surface area (Å²) < 4.78 is 11.7. The Bertz CT molecular complexity index is 291. The number of aliphatic hydroxyl groups excluding tert-OH is 1. The fraction of sp³-hybridized carbons (Fsp3) is 0.700. The van der Waals surface area contributed by atoms with E-state index in [1.807, 2.05) is 19.3 Å². The van der Waals surface area contributed by atoms with Crippen molar-refractivity contribution < 1.29 is 14.6 Å². The van der Waals surface area contributed by atoms with Crippen LogP contribution >= 0.6 is 0 Å². The van der Waals surface area contributed by atoms with E-state index in [0.29, 0.717) is 26.4 Å². The first kappa shape index (κ1) is 13.0. The third kappa shape index (κ3) is 5.11. The number of ether oxygens (including phenoxy) is 2. The van der Waals surface area contributed by atoms with Gasteiger partial charge in [-0.1, -0.05) is 0 Å². The SMILES string of the molecule is COCCOCC(O)CNc1ccn(C)n1. The third-order valence-corrected chi connectivity index (χ3v) is 1.97. The fourth-order valence-corrected chi connectivity index (χ4v) is 1.15. The van der Waals surface area contributed by atoms with Crippen molar-refractivity contribution in [2.45, 2.75) is 6.10 Å². The first-order valence-electron chi connectivity index (χ1n) is 5.20. The highest BCUT2D eigenvalue weighted by Gasteiger charge is 2.04. The van der Waals surface area contributed by atoms with Gasteiger partial charge in [-0.15, -0.1) is 0 Å².